The van der Waals surface area contributed by atoms with Crippen molar-refractivity contribution in [1.82, 2.24) is 30.5 Å². The molecule has 4 rings (SSSR count). The molecule has 0 saturated carbocycles. The van der Waals surface area contributed by atoms with Crippen LogP contribution in [0.3, 0.4) is 0 Å². The first-order valence-electron chi connectivity index (χ1n) is 12.1. The van der Waals surface area contributed by atoms with Crippen molar-refractivity contribution >= 4 is 17.4 Å². The summed E-state index contributed by atoms with van der Waals surface area (Å²) < 4.78 is 0. The lowest BCUT2D eigenvalue weighted by molar-refractivity contribution is 0.236. The highest BCUT2D eigenvalue weighted by molar-refractivity contribution is 6.33. The van der Waals surface area contributed by atoms with Gasteiger partial charge in [0, 0.05) is 45.0 Å². The van der Waals surface area contributed by atoms with Crippen LogP contribution in [0.1, 0.15) is 30.1 Å². The largest absolute Gasteiger partial charge is 0.367 e. The fourth-order valence-corrected chi connectivity index (χ4v) is 4.30. The van der Waals surface area contributed by atoms with Crippen LogP contribution in [0, 0.1) is 6.92 Å². The number of anilines is 1. The Morgan fingerprint density at radius 1 is 1.03 bits per heavy atom. The van der Waals surface area contributed by atoms with Crippen LogP contribution in [0.15, 0.2) is 54.7 Å². The van der Waals surface area contributed by atoms with Gasteiger partial charge in [0.05, 0.1) is 5.69 Å². The standard InChI is InChI=1S/C26H34ClN7/c1-20-24(27)26(33-25(32-20)22-11-5-6-12-29-22)31-19-23(21-9-3-2-4-10-21)30-13-7-8-16-34-17-14-28-15-18-34/h2-6,9-12,23,28,30H,7-8,13-19H2,1H3,(H,31,32,33)/t23-/m0/s1. The number of halogens is 1. The second-order valence-electron chi connectivity index (χ2n) is 8.61. The van der Waals surface area contributed by atoms with E-state index in [0.717, 1.165) is 50.5 Å². The van der Waals surface area contributed by atoms with Gasteiger partial charge >= 0.3 is 0 Å². The Balaban J connectivity index is 1.37. The van der Waals surface area contributed by atoms with Crippen LogP contribution in [-0.4, -0.2) is 65.7 Å². The highest BCUT2D eigenvalue weighted by Crippen LogP contribution is 2.26. The van der Waals surface area contributed by atoms with Crippen molar-refractivity contribution in [3.8, 4) is 11.5 Å². The predicted octanol–water partition coefficient (Wildman–Crippen LogP) is 3.93. The second kappa shape index (κ2) is 12.8. The van der Waals surface area contributed by atoms with E-state index in [2.05, 4.69) is 60.1 Å². The number of hydrogen-bond acceptors (Lipinski definition) is 7. The highest BCUT2D eigenvalue weighted by atomic mass is 35.5. The molecule has 1 fully saturated rings. The first kappa shape index (κ1) is 24.5. The van der Waals surface area contributed by atoms with E-state index in [1.807, 2.05) is 31.2 Å². The van der Waals surface area contributed by atoms with Crippen LogP contribution in [0.25, 0.3) is 11.5 Å². The Labute approximate surface area is 207 Å². The number of unbranched alkanes of at least 4 members (excludes halogenated alkanes) is 1. The van der Waals surface area contributed by atoms with Gasteiger partial charge in [0.1, 0.15) is 16.5 Å². The first-order chi connectivity index (χ1) is 16.7. The molecule has 7 nitrogen and oxygen atoms in total. The SMILES string of the molecule is Cc1nc(-c2ccccn2)nc(NC[C@H](NCCCCN2CCNCC2)c2ccccc2)c1Cl. The molecule has 0 spiro atoms. The molecule has 0 aliphatic carbocycles. The summed E-state index contributed by atoms with van der Waals surface area (Å²) in [6, 6.07) is 16.4. The number of benzene rings is 1. The fraction of sp³-hybridized carbons (Fsp3) is 0.423. The van der Waals surface area contributed by atoms with Crippen molar-refractivity contribution in [2.75, 3.05) is 51.1 Å². The van der Waals surface area contributed by atoms with Crippen molar-refractivity contribution in [1.29, 1.82) is 0 Å². The van der Waals surface area contributed by atoms with Gasteiger partial charge in [-0.2, -0.15) is 0 Å². The number of pyridine rings is 1. The normalized spacial score (nSPS) is 15.2. The molecule has 0 bridgehead atoms. The third-order valence-corrected chi connectivity index (χ3v) is 6.54. The molecule has 1 aromatic carbocycles. The summed E-state index contributed by atoms with van der Waals surface area (Å²) in [6.45, 7) is 9.22. The minimum Gasteiger partial charge on any atom is -0.367 e. The molecular weight excluding hydrogens is 446 g/mol. The highest BCUT2D eigenvalue weighted by Gasteiger charge is 2.16. The Hall–Kier alpha value is -2.58. The smallest absolute Gasteiger partial charge is 0.180 e. The lowest BCUT2D eigenvalue weighted by Crippen LogP contribution is -2.43. The number of aryl methyl sites for hydroxylation is 1. The molecule has 34 heavy (non-hydrogen) atoms. The van der Waals surface area contributed by atoms with E-state index >= 15 is 0 Å². The number of aromatic nitrogens is 3. The molecule has 1 aliphatic heterocycles. The van der Waals surface area contributed by atoms with Gasteiger partial charge in [-0.15, -0.1) is 0 Å². The Morgan fingerprint density at radius 2 is 1.82 bits per heavy atom. The van der Waals surface area contributed by atoms with Gasteiger partial charge in [-0.05, 0) is 50.6 Å². The molecule has 3 N–H and O–H groups in total. The maximum Gasteiger partial charge on any atom is 0.180 e. The Bertz CT molecular complexity index is 1010. The van der Waals surface area contributed by atoms with Crippen LogP contribution in [-0.2, 0) is 0 Å². The minimum atomic E-state index is 0.144. The fourth-order valence-electron chi connectivity index (χ4n) is 4.15. The summed E-state index contributed by atoms with van der Waals surface area (Å²) in [5, 5.41) is 11.2. The van der Waals surface area contributed by atoms with E-state index in [9.17, 15) is 0 Å². The van der Waals surface area contributed by atoms with Crippen molar-refractivity contribution in [2.45, 2.75) is 25.8 Å². The van der Waals surface area contributed by atoms with Gasteiger partial charge in [-0.3, -0.25) is 4.98 Å². The van der Waals surface area contributed by atoms with E-state index in [4.69, 9.17) is 11.6 Å². The number of rotatable bonds is 11. The zero-order chi connectivity index (χ0) is 23.6. The molecule has 1 saturated heterocycles. The van der Waals surface area contributed by atoms with Gasteiger partial charge in [0.25, 0.3) is 0 Å². The summed E-state index contributed by atoms with van der Waals surface area (Å²) in [6.07, 6.45) is 4.09. The molecule has 0 unspecified atom stereocenters. The van der Waals surface area contributed by atoms with E-state index in [0.29, 0.717) is 23.2 Å². The molecule has 2 aromatic heterocycles. The van der Waals surface area contributed by atoms with Crippen LogP contribution in [0.4, 0.5) is 5.82 Å². The minimum absolute atomic E-state index is 0.144. The van der Waals surface area contributed by atoms with E-state index < -0.39 is 0 Å². The zero-order valence-corrected chi connectivity index (χ0v) is 20.6. The van der Waals surface area contributed by atoms with Crippen molar-refractivity contribution in [3.63, 3.8) is 0 Å². The van der Waals surface area contributed by atoms with Gasteiger partial charge < -0.3 is 20.9 Å². The first-order valence-corrected chi connectivity index (χ1v) is 12.5. The third-order valence-electron chi connectivity index (χ3n) is 6.09. The maximum absolute atomic E-state index is 6.56. The molecule has 1 atom stereocenters. The zero-order valence-electron chi connectivity index (χ0n) is 19.8. The van der Waals surface area contributed by atoms with Crippen LogP contribution in [0.2, 0.25) is 5.02 Å². The molecule has 180 valence electrons. The van der Waals surface area contributed by atoms with Crippen molar-refractivity contribution in [2.24, 2.45) is 0 Å². The van der Waals surface area contributed by atoms with Crippen molar-refractivity contribution in [3.05, 3.63) is 71.0 Å². The van der Waals surface area contributed by atoms with E-state index in [-0.39, 0.29) is 6.04 Å². The Morgan fingerprint density at radius 3 is 2.59 bits per heavy atom. The summed E-state index contributed by atoms with van der Waals surface area (Å²) in [5.41, 5.74) is 2.70. The molecular formula is C26H34ClN7. The maximum atomic E-state index is 6.56. The third kappa shape index (κ3) is 6.96. The number of piperazine rings is 1. The van der Waals surface area contributed by atoms with Crippen LogP contribution < -0.4 is 16.0 Å². The lowest BCUT2D eigenvalue weighted by atomic mass is 10.1. The lowest BCUT2D eigenvalue weighted by Gasteiger charge is -2.27. The van der Waals surface area contributed by atoms with E-state index in [1.54, 1.807) is 6.20 Å². The number of hydrogen-bond donors (Lipinski definition) is 3. The average molecular weight is 480 g/mol. The predicted molar refractivity (Wildman–Crippen MR) is 139 cm³/mol. The van der Waals surface area contributed by atoms with E-state index in [1.165, 1.54) is 18.5 Å². The Kier molecular flexibility index (Phi) is 9.21. The topological polar surface area (TPSA) is 78.0 Å². The van der Waals surface area contributed by atoms with Crippen LogP contribution in [0.5, 0.6) is 0 Å². The molecule has 0 radical (unpaired) electrons. The number of nitrogens with one attached hydrogen (secondary N) is 3. The summed E-state index contributed by atoms with van der Waals surface area (Å²) in [4.78, 5) is 16.1. The molecule has 1 aliphatic rings. The monoisotopic (exact) mass is 479 g/mol. The number of nitrogens with zero attached hydrogens (tertiary/aromatic N) is 4. The average Bonchev–Trinajstić information content (AvgIpc) is 2.89. The molecule has 0 amide bonds. The van der Waals surface area contributed by atoms with Crippen LogP contribution >= 0.6 is 11.6 Å². The van der Waals surface area contributed by atoms with Gasteiger partial charge in [0.2, 0.25) is 0 Å². The molecule has 3 aromatic rings. The van der Waals surface area contributed by atoms with Gasteiger partial charge in [-0.25, -0.2) is 9.97 Å². The summed E-state index contributed by atoms with van der Waals surface area (Å²) >= 11 is 6.56. The summed E-state index contributed by atoms with van der Waals surface area (Å²) in [7, 11) is 0. The quantitative estimate of drug-likeness (QED) is 0.360. The van der Waals surface area contributed by atoms with Crippen molar-refractivity contribution < 1.29 is 0 Å². The van der Waals surface area contributed by atoms with Gasteiger partial charge in [-0.1, -0.05) is 48.0 Å². The molecule has 3 heterocycles. The van der Waals surface area contributed by atoms with Gasteiger partial charge in [0.15, 0.2) is 5.82 Å². The molecule has 8 heteroatoms. The second-order valence-corrected chi connectivity index (χ2v) is 8.99. The summed E-state index contributed by atoms with van der Waals surface area (Å²) in [5.74, 6) is 1.21.